The fourth-order valence-electron chi connectivity index (χ4n) is 2.43. The first-order valence-corrected chi connectivity index (χ1v) is 8.74. The largest absolute Gasteiger partial charge is 0.450 e. The van der Waals surface area contributed by atoms with E-state index in [1.54, 1.807) is 36.1 Å². The summed E-state index contributed by atoms with van der Waals surface area (Å²) < 4.78 is 5.03. The molecule has 126 valence electrons. The Morgan fingerprint density at radius 1 is 1.42 bits per heavy atom. The van der Waals surface area contributed by atoms with Gasteiger partial charge in [0.15, 0.2) is 5.13 Å². The minimum absolute atomic E-state index is 0.297. The molecule has 1 aromatic carbocycles. The van der Waals surface area contributed by atoms with Crippen molar-refractivity contribution in [3.8, 4) is 0 Å². The summed E-state index contributed by atoms with van der Waals surface area (Å²) >= 11 is 7.40. The third kappa shape index (κ3) is 3.52. The van der Waals surface area contributed by atoms with E-state index in [-0.39, 0.29) is 12.0 Å². The number of fused-ring (bicyclic) bond motifs is 1. The van der Waals surface area contributed by atoms with Gasteiger partial charge in [-0.05, 0) is 19.1 Å². The van der Waals surface area contributed by atoms with Crippen molar-refractivity contribution in [1.82, 2.24) is 9.88 Å². The van der Waals surface area contributed by atoms with Crippen molar-refractivity contribution >= 4 is 40.1 Å². The Kier molecular flexibility index (Phi) is 5.01. The second kappa shape index (κ2) is 7.19. The lowest BCUT2D eigenvalue weighted by molar-refractivity contribution is 0.102. The molecule has 0 saturated heterocycles. The zero-order valence-electron chi connectivity index (χ0n) is 13.0. The smallest absolute Gasteiger partial charge is 0.410 e. The summed E-state index contributed by atoms with van der Waals surface area (Å²) in [7, 11) is 0. The number of hydrogen-bond acceptors (Lipinski definition) is 5. The van der Waals surface area contributed by atoms with E-state index in [0.29, 0.717) is 41.8 Å². The van der Waals surface area contributed by atoms with Crippen molar-refractivity contribution in [2.45, 2.75) is 19.9 Å². The van der Waals surface area contributed by atoms with Gasteiger partial charge in [0.25, 0.3) is 5.91 Å². The van der Waals surface area contributed by atoms with Gasteiger partial charge in [-0.2, -0.15) is 0 Å². The molecule has 1 N–H and O–H groups in total. The molecule has 2 amide bonds. The number of nitrogens with zero attached hydrogens (tertiary/aromatic N) is 2. The normalized spacial score (nSPS) is 13.3. The van der Waals surface area contributed by atoms with E-state index in [9.17, 15) is 9.59 Å². The fourth-order valence-corrected chi connectivity index (χ4v) is 3.67. The Morgan fingerprint density at radius 2 is 2.21 bits per heavy atom. The molecule has 2 aromatic rings. The van der Waals surface area contributed by atoms with Crippen LogP contribution in [0.1, 0.15) is 27.9 Å². The molecule has 0 aliphatic carbocycles. The van der Waals surface area contributed by atoms with E-state index in [0.717, 1.165) is 10.6 Å². The van der Waals surface area contributed by atoms with E-state index in [1.165, 1.54) is 11.3 Å². The van der Waals surface area contributed by atoms with Gasteiger partial charge in [-0.25, -0.2) is 9.78 Å². The number of benzene rings is 1. The Labute approximate surface area is 148 Å². The van der Waals surface area contributed by atoms with Crippen LogP contribution < -0.4 is 5.32 Å². The molecule has 0 saturated carbocycles. The van der Waals surface area contributed by atoms with Crippen LogP contribution in [0.2, 0.25) is 5.02 Å². The van der Waals surface area contributed by atoms with Crippen molar-refractivity contribution in [3.63, 3.8) is 0 Å². The molecule has 24 heavy (non-hydrogen) atoms. The van der Waals surface area contributed by atoms with Gasteiger partial charge in [-0.3, -0.25) is 10.1 Å². The first kappa shape index (κ1) is 16.7. The number of hydrogen-bond donors (Lipinski definition) is 1. The lowest BCUT2D eigenvalue weighted by atomic mass is 10.2. The van der Waals surface area contributed by atoms with Crippen LogP contribution in [0.5, 0.6) is 0 Å². The maximum atomic E-state index is 12.3. The van der Waals surface area contributed by atoms with Gasteiger partial charge in [0.05, 0.1) is 29.4 Å². The Hall–Kier alpha value is -2.12. The summed E-state index contributed by atoms with van der Waals surface area (Å²) in [6, 6.07) is 6.85. The monoisotopic (exact) mass is 365 g/mol. The lowest BCUT2D eigenvalue weighted by Crippen LogP contribution is -2.35. The summed E-state index contributed by atoms with van der Waals surface area (Å²) in [5.41, 5.74) is 1.32. The van der Waals surface area contributed by atoms with Crippen LogP contribution in [0.4, 0.5) is 9.93 Å². The molecular weight excluding hydrogens is 350 g/mol. The van der Waals surface area contributed by atoms with Gasteiger partial charge < -0.3 is 9.64 Å². The summed E-state index contributed by atoms with van der Waals surface area (Å²) in [4.78, 5) is 31.2. The maximum absolute atomic E-state index is 12.3. The summed E-state index contributed by atoms with van der Waals surface area (Å²) in [5.74, 6) is -0.297. The van der Waals surface area contributed by atoms with Crippen LogP contribution in [0.25, 0.3) is 0 Å². The molecule has 8 heteroatoms. The predicted octanol–water partition coefficient (Wildman–Crippen LogP) is 3.56. The minimum atomic E-state index is -0.321. The number of aromatic nitrogens is 1. The third-order valence-corrected chi connectivity index (χ3v) is 4.92. The van der Waals surface area contributed by atoms with Gasteiger partial charge in [0.1, 0.15) is 0 Å². The number of anilines is 1. The van der Waals surface area contributed by atoms with E-state index < -0.39 is 0 Å². The maximum Gasteiger partial charge on any atom is 0.410 e. The van der Waals surface area contributed by atoms with Crippen LogP contribution >= 0.6 is 22.9 Å². The Bertz CT molecular complexity index is 778. The molecule has 1 aromatic heterocycles. The van der Waals surface area contributed by atoms with Crippen molar-refractivity contribution in [1.29, 1.82) is 0 Å². The topological polar surface area (TPSA) is 71.5 Å². The van der Waals surface area contributed by atoms with Crippen LogP contribution in [0.15, 0.2) is 24.3 Å². The van der Waals surface area contributed by atoms with Gasteiger partial charge in [-0.15, -0.1) is 0 Å². The number of carbonyl (C=O) groups excluding carboxylic acids is 2. The number of ether oxygens (including phenoxy) is 1. The highest BCUT2D eigenvalue weighted by molar-refractivity contribution is 7.15. The SMILES string of the molecule is CCOC(=O)N1CCc2nc(NC(=O)c3ccccc3Cl)sc2C1. The van der Waals surface area contributed by atoms with Crippen LogP contribution in [0, 0.1) is 0 Å². The van der Waals surface area contributed by atoms with E-state index >= 15 is 0 Å². The Morgan fingerprint density at radius 3 is 2.96 bits per heavy atom. The molecule has 2 heterocycles. The van der Waals surface area contributed by atoms with E-state index in [1.807, 2.05) is 0 Å². The lowest BCUT2D eigenvalue weighted by Gasteiger charge is -2.24. The van der Waals surface area contributed by atoms with Gasteiger partial charge in [-0.1, -0.05) is 35.1 Å². The molecule has 0 spiro atoms. The Balaban J connectivity index is 1.71. The van der Waals surface area contributed by atoms with E-state index in [4.69, 9.17) is 16.3 Å². The summed E-state index contributed by atoms with van der Waals surface area (Å²) in [5, 5.41) is 3.68. The first-order valence-electron chi connectivity index (χ1n) is 7.54. The van der Waals surface area contributed by atoms with Crippen molar-refractivity contribution < 1.29 is 14.3 Å². The van der Waals surface area contributed by atoms with Crippen LogP contribution in [0.3, 0.4) is 0 Å². The standard InChI is InChI=1S/C16H16ClN3O3S/c1-2-23-16(22)20-8-7-12-13(9-20)24-15(18-12)19-14(21)10-5-3-4-6-11(10)17/h3-6H,2,7-9H2,1H3,(H,18,19,21). The molecular formula is C16H16ClN3O3S. The molecule has 0 atom stereocenters. The van der Waals surface area contributed by atoms with Crippen molar-refractivity contribution in [2.24, 2.45) is 0 Å². The predicted molar refractivity (Wildman–Crippen MR) is 92.7 cm³/mol. The molecule has 0 unspecified atom stereocenters. The third-order valence-electron chi connectivity index (χ3n) is 3.60. The molecule has 6 nitrogen and oxygen atoms in total. The van der Waals surface area contributed by atoms with Gasteiger partial charge in [0.2, 0.25) is 0 Å². The van der Waals surface area contributed by atoms with Crippen molar-refractivity contribution in [2.75, 3.05) is 18.5 Å². The molecule has 3 rings (SSSR count). The molecule has 0 bridgehead atoms. The van der Waals surface area contributed by atoms with E-state index in [2.05, 4.69) is 10.3 Å². The van der Waals surface area contributed by atoms with Gasteiger partial charge in [0, 0.05) is 17.8 Å². The molecule has 0 fully saturated rings. The highest BCUT2D eigenvalue weighted by Crippen LogP contribution is 2.29. The summed E-state index contributed by atoms with van der Waals surface area (Å²) in [6.45, 7) is 3.15. The number of nitrogens with one attached hydrogen (secondary N) is 1. The second-order valence-electron chi connectivity index (χ2n) is 5.19. The second-order valence-corrected chi connectivity index (χ2v) is 6.68. The average Bonchev–Trinajstić information content (AvgIpc) is 2.96. The van der Waals surface area contributed by atoms with Crippen molar-refractivity contribution in [3.05, 3.63) is 45.4 Å². The highest BCUT2D eigenvalue weighted by Gasteiger charge is 2.25. The van der Waals surface area contributed by atoms with Crippen LogP contribution in [-0.4, -0.2) is 35.0 Å². The number of halogens is 1. The minimum Gasteiger partial charge on any atom is -0.450 e. The molecule has 1 aliphatic rings. The fraction of sp³-hybridized carbons (Fsp3) is 0.312. The number of thiazole rings is 1. The zero-order chi connectivity index (χ0) is 17.1. The average molecular weight is 366 g/mol. The van der Waals surface area contributed by atoms with Gasteiger partial charge >= 0.3 is 6.09 Å². The number of rotatable bonds is 3. The molecule has 1 aliphatic heterocycles. The number of amides is 2. The first-order chi connectivity index (χ1) is 11.6. The summed E-state index contributed by atoms with van der Waals surface area (Å²) in [6.07, 6.45) is 0.324. The van der Waals surface area contributed by atoms with Crippen LogP contribution in [-0.2, 0) is 17.7 Å². The highest BCUT2D eigenvalue weighted by atomic mass is 35.5. The zero-order valence-corrected chi connectivity index (χ0v) is 14.6. The quantitative estimate of drug-likeness (QED) is 0.902. The molecule has 0 radical (unpaired) electrons. The number of carbonyl (C=O) groups is 2.